The molecule has 5 nitrogen and oxygen atoms in total. The van der Waals surface area contributed by atoms with Gasteiger partial charge in [0.25, 0.3) is 0 Å². The Hall–Kier alpha value is -1.07. The van der Waals surface area contributed by atoms with E-state index in [1.807, 2.05) is 0 Å². The molecule has 1 fully saturated rings. The predicted molar refractivity (Wildman–Crippen MR) is 82.5 cm³/mol. The van der Waals surface area contributed by atoms with Crippen LogP contribution in [0.2, 0.25) is 5.02 Å². The van der Waals surface area contributed by atoms with Crippen LogP contribution < -0.4 is 10.6 Å². The number of ether oxygens (including phenoxy) is 1. The maximum Gasteiger partial charge on any atom is 0.224 e. The minimum Gasteiger partial charge on any atom is -0.381 e. The standard InChI is InChI=1S/C14H23ClN4O/c1-3-6-16-13-17-9-11(15)12(19-13)18-10-14(2)4-7-20-8-5-14/h9H,3-8,10H2,1-2H3,(H2,16,17,18,19). The van der Waals surface area contributed by atoms with Gasteiger partial charge in [-0.15, -0.1) is 0 Å². The molecule has 112 valence electrons. The number of nitrogens with one attached hydrogen (secondary N) is 2. The highest BCUT2D eigenvalue weighted by molar-refractivity contribution is 6.32. The van der Waals surface area contributed by atoms with Crippen molar-refractivity contribution in [2.24, 2.45) is 5.41 Å². The van der Waals surface area contributed by atoms with Crippen LogP contribution in [0, 0.1) is 5.41 Å². The fourth-order valence-corrected chi connectivity index (χ4v) is 2.31. The summed E-state index contributed by atoms with van der Waals surface area (Å²) in [6, 6.07) is 0. The van der Waals surface area contributed by atoms with Crippen molar-refractivity contribution in [2.75, 3.05) is 36.9 Å². The van der Waals surface area contributed by atoms with E-state index in [1.165, 1.54) is 0 Å². The summed E-state index contributed by atoms with van der Waals surface area (Å²) < 4.78 is 5.41. The van der Waals surface area contributed by atoms with Crippen molar-refractivity contribution in [3.05, 3.63) is 11.2 Å². The summed E-state index contributed by atoms with van der Waals surface area (Å²) >= 11 is 6.15. The van der Waals surface area contributed by atoms with Gasteiger partial charge < -0.3 is 15.4 Å². The first-order valence-corrected chi connectivity index (χ1v) is 7.59. The van der Waals surface area contributed by atoms with E-state index >= 15 is 0 Å². The van der Waals surface area contributed by atoms with Crippen molar-refractivity contribution in [1.82, 2.24) is 9.97 Å². The summed E-state index contributed by atoms with van der Waals surface area (Å²) in [6.07, 6.45) is 4.79. The van der Waals surface area contributed by atoms with Gasteiger partial charge in [0.1, 0.15) is 5.02 Å². The van der Waals surface area contributed by atoms with Gasteiger partial charge in [-0.1, -0.05) is 25.4 Å². The van der Waals surface area contributed by atoms with Crippen molar-refractivity contribution >= 4 is 23.4 Å². The molecule has 1 aliphatic heterocycles. The van der Waals surface area contributed by atoms with Crippen LogP contribution in [0.5, 0.6) is 0 Å². The van der Waals surface area contributed by atoms with Gasteiger partial charge in [-0.2, -0.15) is 4.98 Å². The van der Waals surface area contributed by atoms with Gasteiger partial charge in [-0.3, -0.25) is 0 Å². The summed E-state index contributed by atoms with van der Waals surface area (Å²) in [4.78, 5) is 8.60. The third-order valence-corrected chi connectivity index (χ3v) is 3.94. The number of hydrogen-bond donors (Lipinski definition) is 2. The Labute approximate surface area is 125 Å². The molecule has 0 radical (unpaired) electrons. The van der Waals surface area contributed by atoms with Crippen molar-refractivity contribution in [2.45, 2.75) is 33.1 Å². The maximum absolute atomic E-state index is 6.15. The molecule has 1 aromatic heterocycles. The number of hydrogen-bond acceptors (Lipinski definition) is 5. The van der Waals surface area contributed by atoms with E-state index in [1.54, 1.807) is 6.20 Å². The lowest BCUT2D eigenvalue weighted by atomic mass is 9.82. The van der Waals surface area contributed by atoms with E-state index in [0.717, 1.165) is 45.6 Å². The molecule has 2 heterocycles. The lowest BCUT2D eigenvalue weighted by molar-refractivity contribution is 0.0300. The van der Waals surface area contributed by atoms with E-state index < -0.39 is 0 Å². The maximum atomic E-state index is 6.15. The summed E-state index contributed by atoms with van der Waals surface area (Å²) in [5.41, 5.74) is 0.240. The Morgan fingerprint density at radius 2 is 2.10 bits per heavy atom. The molecule has 1 aromatic rings. The molecule has 2 N–H and O–H groups in total. The van der Waals surface area contributed by atoms with Crippen LogP contribution in [0.3, 0.4) is 0 Å². The fraction of sp³-hybridized carbons (Fsp3) is 0.714. The monoisotopic (exact) mass is 298 g/mol. The highest BCUT2D eigenvalue weighted by Gasteiger charge is 2.27. The van der Waals surface area contributed by atoms with E-state index in [-0.39, 0.29) is 5.41 Å². The van der Waals surface area contributed by atoms with Gasteiger partial charge in [0.15, 0.2) is 5.82 Å². The van der Waals surface area contributed by atoms with Gasteiger partial charge >= 0.3 is 0 Å². The predicted octanol–water partition coefficient (Wildman–Crippen LogP) is 3.18. The van der Waals surface area contributed by atoms with Gasteiger partial charge in [0.2, 0.25) is 5.95 Å². The number of rotatable bonds is 6. The average molecular weight is 299 g/mol. The first kappa shape index (κ1) is 15.3. The van der Waals surface area contributed by atoms with Crippen LogP contribution in [0.25, 0.3) is 0 Å². The zero-order chi connectivity index (χ0) is 14.4. The normalized spacial score (nSPS) is 17.8. The van der Waals surface area contributed by atoms with Crippen LogP contribution in [-0.2, 0) is 4.74 Å². The highest BCUT2D eigenvalue weighted by Crippen LogP contribution is 2.30. The van der Waals surface area contributed by atoms with E-state index in [0.29, 0.717) is 16.8 Å². The van der Waals surface area contributed by atoms with Crippen LogP contribution >= 0.6 is 11.6 Å². The third-order valence-electron chi connectivity index (χ3n) is 3.66. The molecule has 0 amide bonds. The SMILES string of the molecule is CCCNc1ncc(Cl)c(NCC2(C)CCOCC2)n1. The zero-order valence-electron chi connectivity index (χ0n) is 12.2. The minimum absolute atomic E-state index is 0.240. The topological polar surface area (TPSA) is 59.1 Å². The van der Waals surface area contributed by atoms with Crippen LogP contribution in [-0.4, -0.2) is 36.3 Å². The molecule has 2 rings (SSSR count). The molecule has 0 bridgehead atoms. The average Bonchev–Trinajstić information content (AvgIpc) is 2.46. The van der Waals surface area contributed by atoms with Crippen LogP contribution in [0.1, 0.15) is 33.1 Å². The minimum atomic E-state index is 0.240. The second-order valence-electron chi connectivity index (χ2n) is 5.59. The first-order valence-electron chi connectivity index (χ1n) is 7.21. The summed E-state index contributed by atoms with van der Waals surface area (Å²) in [6.45, 7) is 7.75. The Morgan fingerprint density at radius 1 is 1.35 bits per heavy atom. The Kier molecular flexibility index (Phi) is 5.43. The summed E-state index contributed by atoms with van der Waals surface area (Å²) in [7, 11) is 0. The molecule has 6 heteroatoms. The number of anilines is 2. The molecule has 0 saturated carbocycles. The zero-order valence-corrected chi connectivity index (χ0v) is 13.0. The second kappa shape index (κ2) is 7.09. The van der Waals surface area contributed by atoms with E-state index in [9.17, 15) is 0 Å². The largest absolute Gasteiger partial charge is 0.381 e. The van der Waals surface area contributed by atoms with Crippen molar-refractivity contribution in [1.29, 1.82) is 0 Å². The molecule has 1 saturated heterocycles. The summed E-state index contributed by atoms with van der Waals surface area (Å²) in [5, 5.41) is 7.09. The Morgan fingerprint density at radius 3 is 2.80 bits per heavy atom. The van der Waals surface area contributed by atoms with E-state index in [2.05, 4.69) is 34.4 Å². The third kappa shape index (κ3) is 4.21. The van der Waals surface area contributed by atoms with Crippen LogP contribution in [0.4, 0.5) is 11.8 Å². The molecule has 0 aromatic carbocycles. The summed E-state index contributed by atoms with van der Waals surface area (Å²) in [5.74, 6) is 1.32. The second-order valence-corrected chi connectivity index (χ2v) is 6.00. The molecular weight excluding hydrogens is 276 g/mol. The smallest absolute Gasteiger partial charge is 0.224 e. The molecule has 0 unspecified atom stereocenters. The lowest BCUT2D eigenvalue weighted by Crippen LogP contribution is -2.33. The number of aromatic nitrogens is 2. The number of nitrogens with zero attached hydrogens (tertiary/aromatic N) is 2. The molecular formula is C14H23ClN4O. The van der Waals surface area contributed by atoms with Gasteiger partial charge in [-0.05, 0) is 24.7 Å². The van der Waals surface area contributed by atoms with Crippen LogP contribution in [0.15, 0.2) is 6.20 Å². The first-order chi connectivity index (χ1) is 9.63. The Bertz CT molecular complexity index is 435. The highest BCUT2D eigenvalue weighted by atomic mass is 35.5. The fourth-order valence-electron chi connectivity index (χ4n) is 2.15. The Balaban J connectivity index is 1.97. The number of halogens is 1. The van der Waals surface area contributed by atoms with Gasteiger partial charge in [0, 0.05) is 26.3 Å². The van der Waals surface area contributed by atoms with Crippen molar-refractivity contribution in [3.63, 3.8) is 0 Å². The quantitative estimate of drug-likeness (QED) is 0.845. The molecule has 0 atom stereocenters. The van der Waals surface area contributed by atoms with Crippen molar-refractivity contribution < 1.29 is 4.74 Å². The van der Waals surface area contributed by atoms with Gasteiger partial charge in [-0.25, -0.2) is 4.98 Å². The molecule has 0 spiro atoms. The van der Waals surface area contributed by atoms with E-state index in [4.69, 9.17) is 16.3 Å². The van der Waals surface area contributed by atoms with Gasteiger partial charge in [0.05, 0.1) is 6.20 Å². The van der Waals surface area contributed by atoms with Crippen molar-refractivity contribution in [3.8, 4) is 0 Å². The molecule has 1 aliphatic rings. The molecule has 20 heavy (non-hydrogen) atoms. The molecule has 0 aliphatic carbocycles. The lowest BCUT2D eigenvalue weighted by Gasteiger charge is -2.33.